The van der Waals surface area contributed by atoms with Crippen LogP contribution in [-0.4, -0.2) is 25.7 Å². The molecule has 0 fully saturated rings. The van der Waals surface area contributed by atoms with Gasteiger partial charge in [0.2, 0.25) is 0 Å². The van der Waals surface area contributed by atoms with Gasteiger partial charge in [-0.05, 0) is 12.1 Å². The second kappa shape index (κ2) is 7.77. The number of carbonyl (C=O) groups excluding carboxylic acids is 1. The molecule has 13 heteroatoms. The number of hydrogen-bond donors (Lipinski definition) is 1. The van der Waals surface area contributed by atoms with E-state index < -0.39 is 32.1 Å². The molecule has 0 saturated carbocycles. The maximum absolute atomic E-state index is 12.4. The van der Waals surface area contributed by atoms with Crippen LogP contribution in [-0.2, 0) is 0 Å². The van der Waals surface area contributed by atoms with Gasteiger partial charge < -0.3 is 0 Å². The lowest BCUT2D eigenvalue weighted by atomic mass is 10.1. The highest BCUT2D eigenvalue weighted by Gasteiger charge is 2.20. The summed E-state index contributed by atoms with van der Waals surface area (Å²) in [5.74, 6) is -0.804. The molecule has 1 N–H and O–H groups in total. The second-order valence-corrected chi connectivity index (χ2v) is 6.41. The molecule has 1 amide bonds. The summed E-state index contributed by atoms with van der Waals surface area (Å²) >= 11 is 1.05. The first kappa shape index (κ1) is 19.5. The van der Waals surface area contributed by atoms with Crippen molar-refractivity contribution in [3.63, 3.8) is 0 Å². The van der Waals surface area contributed by atoms with Gasteiger partial charge in [0.25, 0.3) is 23.0 Å². The Bertz CT molecular complexity index is 1110. The molecule has 0 saturated heterocycles. The minimum absolute atomic E-state index is 0.0789. The molecule has 1 aromatic heterocycles. The number of nitro groups is 3. The first-order valence-electron chi connectivity index (χ1n) is 7.70. The number of nitrogens with zero attached hydrogens (tertiary/aromatic N) is 4. The predicted octanol–water partition coefficient (Wildman–Crippen LogP) is 3.79. The van der Waals surface area contributed by atoms with Crippen molar-refractivity contribution in [2.24, 2.45) is 0 Å². The number of benzene rings is 2. The van der Waals surface area contributed by atoms with Gasteiger partial charge >= 0.3 is 0 Å². The van der Waals surface area contributed by atoms with E-state index in [0.29, 0.717) is 11.3 Å². The molecular formula is C16H9N5O7S. The van der Waals surface area contributed by atoms with Crippen molar-refractivity contribution >= 4 is 39.4 Å². The molecule has 1 heterocycles. The Balaban J connectivity index is 1.82. The standard InChI is InChI=1S/C16H9N5O7S/c22-15(10-5-12(20(25)26)7-13(6-10)21(27)28)18-16-17-14(8-29-16)9-1-3-11(4-2-9)19(23)24/h1-8H,(H,17,18,22). The fourth-order valence-electron chi connectivity index (χ4n) is 2.32. The van der Waals surface area contributed by atoms with E-state index in [1.54, 1.807) is 5.38 Å². The van der Waals surface area contributed by atoms with Gasteiger partial charge in [0.15, 0.2) is 5.13 Å². The minimum atomic E-state index is -0.833. The van der Waals surface area contributed by atoms with E-state index in [9.17, 15) is 35.1 Å². The lowest BCUT2D eigenvalue weighted by molar-refractivity contribution is -0.394. The Morgan fingerprint density at radius 1 is 0.862 bits per heavy atom. The van der Waals surface area contributed by atoms with Gasteiger partial charge in [-0.15, -0.1) is 11.3 Å². The van der Waals surface area contributed by atoms with Crippen LogP contribution >= 0.6 is 11.3 Å². The Kier molecular flexibility index (Phi) is 5.23. The van der Waals surface area contributed by atoms with Crippen LogP contribution in [0.1, 0.15) is 10.4 Å². The number of nitro benzene ring substituents is 3. The maximum Gasteiger partial charge on any atom is 0.277 e. The van der Waals surface area contributed by atoms with Crippen molar-refractivity contribution in [3.05, 3.63) is 83.8 Å². The van der Waals surface area contributed by atoms with Crippen molar-refractivity contribution in [2.45, 2.75) is 0 Å². The van der Waals surface area contributed by atoms with Crippen LogP contribution in [0.25, 0.3) is 11.3 Å². The summed E-state index contributed by atoms with van der Waals surface area (Å²) in [5.41, 5.74) is -0.489. The zero-order valence-corrected chi connectivity index (χ0v) is 15.0. The molecule has 2 aromatic carbocycles. The van der Waals surface area contributed by atoms with Crippen molar-refractivity contribution < 1.29 is 19.6 Å². The van der Waals surface area contributed by atoms with E-state index in [-0.39, 0.29) is 16.4 Å². The predicted molar refractivity (Wildman–Crippen MR) is 102 cm³/mol. The Labute approximate surface area is 164 Å². The first-order chi connectivity index (χ1) is 13.7. The normalized spacial score (nSPS) is 10.3. The third-order valence-electron chi connectivity index (χ3n) is 3.68. The van der Waals surface area contributed by atoms with Crippen LogP contribution in [0.15, 0.2) is 47.8 Å². The van der Waals surface area contributed by atoms with Gasteiger partial charge in [0.05, 0.1) is 32.1 Å². The average molecular weight is 415 g/mol. The summed E-state index contributed by atoms with van der Waals surface area (Å²) in [5, 5.41) is 36.7. The average Bonchev–Trinajstić information content (AvgIpc) is 3.16. The zero-order valence-electron chi connectivity index (χ0n) is 14.2. The lowest BCUT2D eigenvalue weighted by Gasteiger charge is -2.02. The zero-order chi connectivity index (χ0) is 21.1. The number of hydrogen-bond acceptors (Lipinski definition) is 9. The highest BCUT2D eigenvalue weighted by atomic mass is 32.1. The molecule has 0 radical (unpaired) electrons. The van der Waals surface area contributed by atoms with Gasteiger partial charge in [-0.1, -0.05) is 0 Å². The number of aromatic nitrogens is 1. The van der Waals surface area contributed by atoms with Crippen molar-refractivity contribution in [1.29, 1.82) is 0 Å². The molecule has 0 spiro atoms. The molecule has 0 unspecified atom stereocenters. The molecule has 3 aromatic rings. The van der Waals surface area contributed by atoms with Crippen LogP contribution in [0.3, 0.4) is 0 Å². The van der Waals surface area contributed by atoms with E-state index >= 15 is 0 Å². The summed E-state index contributed by atoms with van der Waals surface area (Å²) in [6.45, 7) is 0. The fourth-order valence-corrected chi connectivity index (χ4v) is 3.04. The second-order valence-electron chi connectivity index (χ2n) is 5.55. The molecular weight excluding hydrogens is 406 g/mol. The summed E-state index contributed by atoms with van der Waals surface area (Å²) in [6, 6.07) is 8.24. The monoisotopic (exact) mass is 415 g/mol. The number of thiazole rings is 1. The number of amides is 1. The van der Waals surface area contributed by atoms with Crippen LogP contribution < -0.4 is 5.32 Å². The van der Waals surface area contributed by atoms with Crippen molar-refractivity contribution in [1.82, 2.24) is 4.98 Å². The highest BCUT2D eigenvalue weighted by Crippen LogP contribution is 2.28. The lowest BCUT2D eigenvalue weighted by Crippen LogP contribution is -2.12. The third kappa shape index (κ3) is 4.36. The van der Waals surface area contributed by atoms with Gasteiger partial charge in [-0.25, -0.2) is 4.98 Å². The molecule has 0 atom stereocenters. The smallest absolute Gasteiger partial charge is 0.277 e. The van der Waals surface area contributed by atoms with Gasteiger partial charge in [0.1, 0.15) is 0 Å². The van der Waals surface area contributed by atoms with Crippen LogP contribution in [0.5, 0.6) is 0 Å². The first-order valence-corrected chi connectivity index (χ1v) is 8.58. The van der Waals surface area contributed by atoms with E-state index in [4.69, 9.17) is 0 Å². The number of carbonyl (C=O) groups is 1. The molecule has 146 valence electrons. The van der Waals surface area contributed by atoms with Crippen LogP contribution in [0, 0.1) is 30.3 Å². The molecule has 0 aliphatic carbocycles. The number of non-ortho nitro benzene ring substituents is 3. The number of anilines is 1. The van der Waals surface area contributed by atoms with Crippen LogP contribution in [0.4, 0.5) is 22.2 Å². The van der Waals surface area contributed by atoms with Crippen LogP contribution in [0.2, 0.25) is 0 Å². The topological polar surface area (TPSA) is 171 Å². The summed E-state index contributed by atoms with van der Waals surface area (Å²) in [6.07, 6.45) is 0. The van der Waals surface area contributed by atoms with E-state index in [0.717, 1.165) is 29.5 Å². The Hall–Kier alpha value is -4.26. The molecule has 29 heavy (non-hydrogen) atoms. The number of rotatable bonds is 6. The third-order valence-corrected chi connectivity index (χ3v) is 4.44. The van der Waals surface area contributed by atoms with Gasteiger partial charge in [0, 0.05) is 35.2 Å². The number of nitrogens with one attached hydrogen (secondary N) is 1. The summed E-state index contributed by atoms with van der Waals surface area (Å²) in [4.78, 5) is 46.9. The Morgan fingerprint density at radius 3 is 1.93 bits per heavy atom. The molecule has 0 bridgehead atoms. The van der Waals surface area contributed by atoms with Gasteiger partial charge in [-0.2, -0.15) is 0 Å². The van der Waals surface area contributed by atoms with Crippen molar-refractivity contribution in [3.8, 4) is 11.3 Å². The molecule has 3 rings (SSSR count). The van der Waals surface area contributed by atoms with E-state index in [1.807, 2.05) is 0 Å². The maximum atomic E-state index is 12.4. The summed E-state index contributed by atoms with van der Waals surface area (Å²) in [7, 11) is 0. The molecule has 12 nitrogen and oxygen atoms in total. The van der Waals surface area contributed by atoms with Gasteiger partial charge in [-0.3, -0.25) is 40.5 Å². The molecule has 0 aliphatic rings. The van der Waals surface area contributed by atoms with E-state index in [2.05, 4.69) is 10.3 Å². The SMILES string of the molecule is O=C(Nc1nc(-c2ccc([N+](=O)[O-])cc2)cs1)c1cc([N+](=O)[O-])cc([N+](=O)[O-])c1. The minimum Gasteiger partial charge on any atom is -0.298 e. The van der Waals surface area contributed by atoms with E-state index in [1.165, 1.54) is 24.3 Å². The van der Waals surface area contributed by atoms with Crippen molar-refractivity contribution in [2.75, 3.05) is 5.32 Å². The molecule has 0 aliphatic heterocycles. The highest BCUT2D eigenvalue weighted by molar-refractivity contribution is 7.14. The Morgan fingerprint density at radius 2 is 1.41 bits per heavy atom. The summed E-state index contributed by atoms with van der Waals surface area (Å²) < 4.78 is 0. The fraction of sp³-hybridized carbons (Fsp3) is 0. The largest absolute Gasteiger partial charge is 0.298 e. The quantitative estimate of drug-likeness (QED) is 0.468.